The molecule has 0 bridgehead atoms. The number of aliphatic hydroxyl groups excluding tert-OH is 1. The van der Waals surface area contributed by atoms with E-state index in [4.69, 9.17) is 5.11 Å². The van der Waals surface area contributed by atoms with Crippen molar-refractivity contribution in [1.29, 1.82) is 0 Å². The van der Waals surface area contributed by atoms with Crippen LogP contribution < -0.4 is 5.32 Å². The topological polar surface area (TPSA) is 35.5 Å². The quantitative estimate of drug-likeness (QED) is 0.753. The molecule has 0 unspecified atom stereocenters. The SMILES string of the molecule is CC(C)(CNC(C)(C)C)CN(CCO)CC(F)(F)F. The van der Waals surface area contributed by atoms with Crippen LogP contribution in [0.5, 0.6) is 0 Å². The Hall–Kier alpha value is -0.330. The molecule has 2 N–H and O–H groups in total. The van der Waals surface area contributed by atoms with Crippen molar-refractivity contribution in [3.8, 4) is 0 Å². The molecule has 0 amide bonds. The fourth-order valence-electron chi connectivity index (χ4n) is 1.77. The summed E-state index contributed by atoms with van der Waals surface area (Å²) in [6.45, 7) is 9.61. The maximum absolute atomic E-state index is 12.4. The number of hydrogen-bond acceptors (Lipinski definition) is 3. The Bertz CT molecular complexity index is 260. The summed E-state index contributed by atoms with van der Waals surface area (Å²) in [6, 6.07) is 0. The van der Waals surface area contributed by atoms with Gasteiger partial charge in [0.1, 0.15) is 0 Å². The van der Waals surface area contributed by atoms with Crippen LogP contribution in [-0.2, 0) is 0 Å². The van der Waals surface area contributed by atoms with Gasteiger partial charge in [0, 0.05) is 25.2 Å². The molecule has 0 aliphatic carbocycles. The lowest BCUT2D eigenvalue weighted by molar-refractivity contribution is -0.149. The van der Waals surface area contributed by atoms with Gasteiger partial charge in [-0.25, -0.2) is 0 Å². The zero-order valence-corrected chi connectivity index (χ0v) is 12.6. The second-order valence-electron chi connectivity index (χ2n) is 6.82. The molecule has 116 valence electrons. The summed E-state index contributed by atoms with van der Waals surface area (Å²) in [5.74, 6) is 0. The maximum atomic E-state index is 12.4. The van der Waals surface area contributed by atoms with E-state index in [-0.39, 0.29) is 30.7 Å². The molecular formula is C13H27F3N2O. The third-order valence-corrected chi connectivity index (χ3v) is 2.57. The first-order chi connectivity index (χ1) is 8.35. The summed E-state index contributed by atoms with van der Waals surface area (Å²) in [7, 11) is 0. The lowest BCUT2D eigenvalue weighted by Gasteiger charge is -2.35. The molecule has 0 aliphatic rings. The molecule has 0 aromatic heterocycles. The van der Waals surface area contributed by atoms with E-state index in [0.29, 0.717) is 6.54 Å². The van der Waals surface area contributed by atoms with Gasteiger partial charge in [0.05, 0.1) is 13.2 Å². The summed E-state index contributed by atoms with van der Waals surface area (Å²) in [6.07, 6.45) is -4.23. The van der Waals surface area contributed by atoms with Crippen LogP contribution in [0.15, 0.2) is 0 Å². The van der Waals surface area contributed by atoms with Crippen molar-refractivity contribution in [2.24, 2.45) is 5.41 Å². The molecule has 0 aromatic rings. The minimum atomic E-state index is -4.23. The highest BCUT2D eigenvalue weighted by Crippen LogP contribution is 2.21. The van der Waals surface area contributed by atoms with E-state index in [0.717, 1.165) is 0 Å². The van der Waals surface area contributed by atoms with E-state index < -0.39 is 12.7 Å². The molecule has 0 saturated carbocycles. The molecule has 0 fully saturated rings. The largest absolute Gasteiger partial charge is 0.401 e. The molecule has 3 nitrogen and oxygen atoms in total. The maximum Gasteiger partial charge on any atom is 0.401 e. The Balaban J connectivity index is 4.46. The van der Waals surface area contributed by atoms with Crippen molar-refractivity contribution in [2.45, 2.75) is 46.3 Å². The third kappa shape index (κ3) is 11.2. The lowest BCUT2D eigenvalue weighted by Crippen LogP contribution is -2.48. The fraction of sp³-hybridized carbons (Fsp3) is 1.00. The molecule has 0 atom stereocenters. The number of nitrogens with zero attached hydrogens (tertiary/aromatic N) is 1. The van der Waals surface area contributed by atoms with Crippen molar-refractivity contribution in [3.05, 3.63) is 0 Å². The smallest absolute Gasteiger partial charge is 0.395 e. The van der Waals surface area contributed by atoms with Gasteiger partial charge in [-0.15, -0.1) is 0 Å². The van der Waals surface area contributed by atoms with E-state index in [9.17, 15) is 13.2 Å². The zero-order chi connectivity index (χ0) is 15.3. The van der Waals surface area contributed by atoms with Gasteiger partial charge in [-0.05, 0) is 26.2 Å². The summed E-state index contributed by atoms with van der Waals surface area (Å²) in [5.41, 5.74) is -0.364. The van der Waals surface area contributed by atoms with Crippen LogP contribution in [0.3, 0.4) is 0 Å². The zero-order valence-electron chi connectivity index (χ0n) is 12.6. The normalized spacial score (nSPS) is 14.2. The highest BCUT2D eigenvalue weighted by molar-refractivity contribution is 4.81. The monoisotopic (exact) mass is 284 g/mol. The molecular weight excluding hydrogens is 257 g/mol. The molecule has 6 heteroatoms. The third-order valence-electron chi connectivity index (χ3n) is 2.57. The average Bonchev–Trinajstić information content (AvgIpc) is 2.11. The van der Waals surface area contributed by atoms with Crippen LogP contribution in [0.1, 0.15) is 34.6 Å². The van der Waals surface area contributed by atoms with Crippen molar-refractivity contribution < 1.29 is 18.3 Å². The van der Waals surface area contributed by atoms with Crippen molar-refractivity contribution in [3.63, 3.8) is 0 Å². The highest BCUT2D eigenvalue weighted by atomic mass is 19.4. The number of hydrogen-bond donors (Lipinski definition) is 2. The van der Waals surface area contributed by atoms with E-state index in [2.05, 4.69) is 5.32 Å². The number of rotatable bonds is 7. The number of alkyl halides is 3. The van der Waals surface area contributed by atoms with E-state index >= 15 is 0 Å². The van der Waals surface area contributed by atoms with Gasteiger partial charge < -0.3 is 10.4 Å². The second kappa shape index (κ2) is 6.90. The summed E-state index contributed by atoms with van der Waals surface area (Å²) < 4.78 is 37.3. The van der Waals surface area contributed by atoms with Crippen LogP contribution in [-0.4, -0.2) is 54.5 Å². The number of halogens is 3. The molecule has 0 aliphatic heterocycles. The van der Waals surface area contributed by atoms with Crippen LogP contribution >= 0.6 is 0 Å². The fourth-order valence-corrected chi connectivity index (χ4v) is 1.77. The van der Waals surface area contributed by atoms with E-state index in [1.807, 2.05) is 34.6 Å². The molecule has 0 aromatic carbocycles. The molecule has 0 saturated heterocycles. The molecule has 19 heavy (non-hydrogen) atoms. The van der Waals surface area contributed by atoms with Gasteiger partial charge in [-0.3, -0.25) is 4.90 Å². The number of aliphatic hydroxyl groups is 1. The predicted octanol–water partition coefficient (Wildman–Crippen LogP) is 2.26. The van der Waals surface area contributed by atoms with Gasteiger partial charge in [0.25, 0.3) is 0 Å². The Morgan fingerprint density at radius 3 is 1.89 bits per heavy atom. The predicted molar refractivity (Wildman–Crippen MR) is 71.1 cm³/mol. The van der Waals surface area contributed by atoms with Crippen LogP contribution in [0.4, 0.5) is 13.2 Å². The average molecular weight is 284 g/mol. The van der Waals surface area contributed by atoms with E-state index in [1.54, 1.807) is 0 Å². The van der Waals surface area contributed by atoms with Crippen molar-refractivity contribution in [2.75, 3.05) is 32.8 Å². The van der Waals surface area contributed by atoms with Gasteiger partial charge in [-0.2, -0.15) is 13.2 Å². The van der Waals surface area contributed by atoms with Gasteiger partial charge in [0.15, 0.2) is 0 Å². The first-order valence-electron chi connectivity index (χ1n) is 6.50. The van der Waals surface area contributed by atoms with Crippen molar-refractivity contribution >= 4 is 0 Å². The van der Waals surface area contributed by atoms with Gasteiger partial charge in [-0.1, -0.05) is 13.8 Å². The first-order valence-corrected chi connectivity index (χ1v) is 6.50. The minimum absolute atomic E-state index is 0.0401. The van der Waals surface area contributed by atoms with Gasteiger partial charge in [0.2, 0.25) is 0 Å². The highest BCUT2D eigenvalue weighted by Gasteiger charge is 2.33. The van der Waals surface area contributed by atoms with Crippen LogP contribution in [0.25, 0.3) is 0 Å². The second-order valence-corrected chi connectivity index (χ2v) is 6.82. The minimum Gasteiger partial charge on any atom is -0.395 e. The Morgan fingerprint density at radius 1 is 1.00 bits per heavy atom. The Labute approximate surface area is 114 Å². The van der Waals surface area contributed by atoms with E-state index in [1.165, 1.54) is 4.90 Å². The molecule has 0 spiro atoms. The Kier molecular flexibility index (Phi) is 6.78. The number of nitrogens with one attached hydrogen (secondary N) is 1. The van der Waals surface area contributed by atoms with Crippen molar-refractivity contribution in [1.82, 2.24) is 10.2 Å². The summed E-state index contributed by atoms with van der Waals surface area (Å²) in [5, 5.41) is 12.2. The summed E-state index contributed by atoms with van der Waals surface area (Å²) in [4.78, 5) is 1.25. The standard InChI is InChI=1S/C13H27F3N2O/c1-11(2,3)17-8-12(4,5)9-18(6-7-19)10-13(14,15)16/h17,19H,6-10H2,1-5H3. The van der Waals surface area contributed by atoms with Crippen LogP contribution in [0, 0.1) is 5.41 Å². The van der Waals surface area contributed by atoms with Gasteiger partial charge >= 0.3 is 6.18 Å². The van der Waals surface area contributed by atoms with Crippen LogP contribution in [0.2, 0.25) is 0 Å². The lowest BCUT2D eigenvalue weighted by atomic mass is 9.91. The first kappa shape index (κ1) is 18.7. The molecule has 0 heterocycles. The molecule has 0 rings (SSSR count). The molecule has 0 radical (unpaired) electrons. The summed E-state index contributed by atoms with van der Waals surface area (Å²) >= 11 is 0. The Morgan fingerprint density at radius 2 is 1.53 bits per heavy atom.